The monoisotopic (exact) mass is 535 g/mol. The van der Waals surface area contributed by atoms with Crippen molar-refractivity contribution in [3.63, 3.8) is 0 Å². The van der Waals surface area contributed by atoms with E-state index in [-0.39, 0.29) is 38.5 Å². The summed E-state index contributed by atoms with van der Waals surface area (Å²) < 4.78 is 17.2. The molecule has 1 fully saturated rings. The van der Waals surface area contributed by atoms with Gasteiger partial charge >= 0.3 is 11.9 Å². The molecule has 1 amide bonds. The van der Waals surface area contributed by atoms with E-state index >= 15 is 0 Å². The Hall–Kier alpha value is -3.67. The molecule has 1 saturated heterocycles. The van der Waals surface area contributed by atoms with Crippen LogP contribution in [-0.2, 0) is 30.3 Å². The minimum atomic E-state index is -0.842. The molecule has 2 aromatic rings. The van der Waals surface area contributed by atoms with Crippen LogP contribution in [-0.4, -0.2) is 59.6 Å². The quantitative estimate of drug-likeness (QED) is 0.521. The van der Waals surface area contributed by atoms with Crippen molar-refractivity contribution in [2.75, 3.05) is 19.8 Å². The molecule has 0 saturated carbocycles. The Morgan fingerprint density at radius 3 is 2.72 bits per heavy atom. The van der Waals surface area contributed by atoms with Gasteiger partial charge in [-0.1, -0.05) is 20.8 Å². The van der Waals surface area contributed by atoms with E-state index in [0.717, 1.165) is 35.6 Å². The molecular formula is C30H37N3O6. The van der Waals surface area contributed by atoms with Gasteiger partial charge in [0, 0.05) is 23.4 Å². The van der Waals surface area contributed by atoms with Crippen LogP contribution in [0.1, 0.15) is 70.9 Å². The van der Waals surface area contributed by atoms with Crippen LogP contribution in [0.15, 0.2) is 24.4 Å². The molecule has 2 aliphatic heterocycles. The summed E-state index contributed by atoms with van der Waals surface area (Å²) >= 11 is 0. The summed E-state index contributed by atoms with van der Waals surface area (Å²) in [7, 11) is 0. The first-order chi connectivity index (χ1) is 18.6. The van der Waals surface area contributed by atoms with Crippen LogP contribution >= 0.6 is 0 Å². The second kappa shape index (κ2) is 12.0. The zero-order valence-corrected chi connectivity index (χ0v) is 23.2. The maximum Gasteiger partial charge on any atom is 0.328 e. The number of cyclic esters (lactones) is 1. The van der Waals surface area contributed by atoms with Crippen molar-refractivity contribution < 1.29 is 28.6 Å². The molecule has 4 bridgehead atoms. The Kier molecular flexibility index (Phi) is 8.73. The van der Waals surface area contributed by atoms with Gasteiger partial charge in [-0.3, -0.25) is 9.59 Å². The molecule has 0 spiro atoms. The summed E-state index contributed by atoms with van der Waals surface area (Å²) in [5.41, 5.74) is 0.991. The van der Waals surface area contributed by atoms with Crippen LogP contribution in [0.4, 0.5) is 0 Å². The maximum absolute atomic E-state index is 13.9. The van der Waals surface area contributed by atoms with Crippen LogP contribution in [0.2, 0.25) is 0 Å². The number of ether oxygens (including phenoxy) is 3. The Balaban J connectivity index is 1.75. The lowest BCUT2D eigenvalue weighted by Crippen LogP contribution is -2.48. The second-order valence-electron chi connectivity index (χ2n) is 11.4. The van der Waals surface area contributed by atoms with Gasteiger partial charge in [0.2, 0.25) is 11.8 Å². The van der Waals surface area contributed by atoms with E-state index < -0.39 is 35.4 Å². The molecule has 0 aliphatic carbocycles. The van der Waals surface area contributed by atoms with Gasteiger partial charge in [0.15, 0.2) is 0 Å². The minimum absolute atomic E-state index is 0.0672. The number of carbonyl (C=O) groups is 3. The molecule has 208 valence electrons. The predicted octanol–water partition coefficient (Wildman–Crippen LogP) is 4.34. The number of carbonyl (C=O) groups excluding carboxylic acids is 3. The topological polar surface area (TPSA) is 119 Å². The van der Waals surface area contributed by atoms with Gasteiger partial charge in [-0.25, -0.2) is 9.78 Å². The highest BCUT2D eigenvalue weighted by Gasteiger charge is 2.46. The third kappa shape index (κ3) is 6.49. The van der Waals surface area contributed by atoms with E-state index in [1.165, 1.54) is 4.90 Å². The molecule has 3 heterocycles. The van der Waals surface area contributed by atoms with Gasteiger partial charge in [0.1, 0.15) is 12.1 Å². The molecule has 9 heteroatoms. The first kappa shape index (κ1) is 28.3. The molecule has 0 unspecified atom stereocenters. The molecular weight excluding hydrogens is 498 g/mol. The number of esters is 2. The number of aromatic nitrogens is 1. The molecule has 1 aromatic carbocycles. The van der Waals surface area contributed by atoms with Gasteiger partial charge in [0.05, 0.1) is 43.7 Å². The highest BCUT2D eigenvalue weighted by atomic mass is 16.5. The summed E-state index contributed by atoms with van der Waals surface area (Å²) in [6.07, 6.45) is 4.42. The lowest BCUT2D eigenvalue weighted by molar-refractivity contribution is -0.158. The fraction of sp³-hybridized carbons (Fsp3) is 0.567. The largest absolute Gasteiger partial charge is 0.472 e. The van der Waals surface area contributed by atoms with Crippen LogP contribution in [0, 0.1) is 22.7 Å². The lowest BCUT2D eigenvalue weighted by atomic mass is 9.77. The van der Waals surface area contributed by atoms with E-state index in [1.54, 1.807) is 19.2 Å². The normalized spacial score (nSPS) is 22.9. The van der Waals surface area contributed by atoms with Crippen molar-refractivity contribution in [3.05, 3.63) is 35.5 Å². The highest BCUT2D eigenvalue weighted by Crippen LogP contribution is 2.35. The summed E-state index contributed by atoms with van der Waals surface area (Å²) in [6.45, 7) is 8.05. The van der Waals surface area contributed by atoms with Crippen molar-refractivity contribution in [2.45, 2.75) is 78.4 Å². The van der Waals surface area contributed by atoms with Crippen LogP contribution in [0.25, 0.3) is 10.8 Å². The number of nitriles is 1. The summed E-state index contributed by atoms with van der Waals surface area (Å²) in [4.78, 5) is 45.6. The third-order valence-corrected chi connectivity index (χ3v) is 7.49. The first-order valence-corrected chi connectivity index (χ1v) is 13.7. The van der Waals surface area contributed by atoms with Crippen LogP contribution in [0.3, 0.4) is 0 Å². The average molecular weight is 536 g/mol. The molecule has 4 rings (SSSR count). The van der Waals surface area contributed by atoms with Gasteiger partial charge in [-0.2, -0.15) is 5.26 Å². The number of hydrogen-bond acceptors (Lipinski definition) is 8. The summed E-state index contributed by atoms with van der Waals surface area (Å²) in [6, 6.07) is 7.13. The Morgan fingerprint density at radius 2 is 2.00 bits per heavy atom. The van der Waals surface area contributed by atoms with E-state index in [1.807, 2.05) is 32.9 Å². The highest BCUT2D eigenvalue weighted by molar-refractivity contribution is 5.92. The number of nitrogens with zero attached hydrogens (tertiary/aromatic N) is 3. The lowest BCUT2D eigenvalue weighted by Gasteiger charge is -2.34. The van der Waals surface area contributed by atoms with E-state index in [9.17, 15) is 19.6 Å². The first-order valence-electron chi connectivity index (χ1n) is 13.7. The fourth-order valence-corrected chi connectivity index (χ4v) is 5.38. The standard InChI is InChI=1S/C30H37N3O6/c1-5-37-29(36)25-15-21-18-33(25)28(35)24(30(2,3)4)16-26(34)38-12-8-6-7-9-19-13-20(17-31)22-10-11-32-27(39-21)23(22)14-19/h10-11,13-14,21,24-25H,5-9,12,15-16,18H2,1-4H3/t21-,24-,25+/m1/s1. The fourth-order valence-electron chi connectivity index (χ4n) is 5.38. The van der Waals surface area contributed by atoms with Gasteiger partial charge < -0.3 is 19.1 Å². The Morgan fingerprint density at radius 1 is 1.21 bits per heavy atom. The van der Waals surface area contributed by atoms with Gasteiger partial charge in [0.25, 0.3) is 0 Å². The van der Waals surface area contributed by atoms with E-state index in [0.29, 0.717) is 17.9 Å². The Bertz CT molecular complexity index is 1280. The Labute approximate surface area is 229 Å². The third-order valence-electron chi connectivity index (χ3n) is 7.49. The van der Waals surface area contributed by atoms with E-state index in [4.69, 9.17) is 14.2 Å². The second-order valence-corrected chi connectivity index (χ2v) is 11.4. The number of benzene rings is 1. The molecule has 2 aliphatic rings. The molecule has 1 aromatic heterocycles. The summed E-state index contributed by atoms with van der Waals surface area (Å²) in [5.74, 6) is -1.55. The SMILES string of the molecule is CCOC(=O)[C@@H]1C[C@@H]2CN1C(=O)[C@H](C(C)(C)C)CC(=O)OCCCCCc1cc(C#N)c3ccnc(c3c1)O2. The number of hydrogen-bond donors (Lipinski definition) is 0. The van der Waals surface area contributed by atoms with E-state index in [2.05, 4.69) is 11.1 Å². The predicted molar refractivity (Wildman–Crippen MR) is 144 cm³/mol. The number of aryl methyl sites for hydroxylation is 1. The summed E-state index contributed by atoms with van der Waals surface area (Å²) in [5, 5.41) is 11.3. The van der Waals surface area contributed by atoms with Crippen molar-refractivity contribution in [1.29, 1.82) is 5.26 Å². The number of pyridine rings is 1. The zero-order chi connectivity index (χ0) is 28.2. The molecule has 39 heavy (non-hydrogen) atoms. The maximum atomic E-state index is 13.9. The number of amides is 1. The van der Waals surface area contributed by atoms with Crippen LogP contribution in [0.5, 0.6) is 5.88 Å². The zero-order valence-electron chi connectivity index (χ0n) is 23.2. The number of fused-ring (bicyclic) bond motifs is 3. The molecule has 0 N–H and O–H groups in total. The number of rotatable bonds is 2. The van der Waals surface area contributed by atoms with Gasteiger partial charge in [-0.05, 0) is 61.8 Å². The molecule has 3 atom stereocenters. The van der Waals surface area contributed by atoms with Gasteiger partial charge in [-0.15, -0.1) is 0 Å². The molecule has 0 radical (unpaired) electrons. The van der Waals surface area contributed by atoms with Crippen molar-refractivity contribution >= 4 is 28.6 Å². The van der Waals surface area contributed by atoms with Crippen molar-refractivity contribution in [1.82, 2.24) is 9.88 Å². The average Bonchev–Trinajstić information content (AvgIpc) is 3.31. The minimum Gasteiger partial charge on any atom is -0.472 e. The smallest absolute Gasteiger partial charge is 0.328 e. The van der Waals surface area contributed by atoms with Crippen molar-refractivity contribution in [2.24, 2.45) is 11.3 Å². The van der Waals surface area contributed by atoms with Crippen molar-refractivity contribution in [3.8, 4) is 11.9 Å². The molecule has 9 nitrogen and oxygen atoms in total. The van der Waals surface area contributed by atoms with Crippen LogP contribution < -0.4 is 4.74 Å².